The Morgan fingerprint density at radius 3 is 2.52 bits per heavy atom. The van der Waals surface area contributed by atoms with Crippen molar-refractivity contribution in [3.05, 3.63) is 22.4 Å². The Labute approximate surface area is 145 Å². The van der Waals surface area contributed by atoms with Gasteiger partial charge in [-0.3, -0.25) is 4.98 Å². The Balaban J connectivity index is 2.02. The highest BCUT2D eigenvalue weighted by atomic mass is 79.9. The Hall–Kier alpha value is -1.34. The largest absolute Gasteiger partial charge is 0.444 e. The van der Waals surface area contributed by atoms with E-state index in [0.717, 1.165) is 28.9 Å². The molecule has 1 saturated heterocycles. The van der Waals surface area contributed by atoms with Gasteiger partial charge in [-0.25, -0.2) is 4.79 Å². The van der Waals surface area contributed by atoms with Gasteiger partial charge in [-0.1, -0.05) is 0 Å². The lowest BCUT2D eigenvalue weighted by Crippen LogP contribution is -2.50. The van der Waals surface area contributed by atoms with E-state index >= 15 is 0 Å². The number of aromatic nitrogens is 1. The van der Waals surface area contributed by atoms with E-state index in [0.29, 0.717) is 19.7 Å². The molecule has 0 atom stereocenters. The molecular weight excluding hydrogens is 362 g/mol. The normalized spacial score (nSPS) is 15.7. The SMILES string of the molecule is COCc1ncc(Br)cc1N1CCN(C(=O)OC(C)(C)C)CC1. The van der Waals surface area contributed by atoms with E-state index in [1.165, 1.54) is 0 Å². The number of rotatable bonds is 3. The fourth-order valence-corrected chi connectivity index (χ4v) is 2.75. The van der Waals surface area contributed by atoms with Crippen LogP contribution in [0.3, 0.4) is 0 Å². The molecule has 0 spiro atoms. The number of carbonyl (C=O) groups is 1. The number of piperazine rings is 1. The summed E-state index contributed by atoms with van der Waals surface area (Å²) in [6, 6.07) is 2.05. The first kappa shape index (κ1) is 18.0. The monoisotopic (exact) mass is 385 g/mol. The minimum atomic E-state index is -0.464. The van der Waals surface area contributed by atoms with Crippen molar-refractivity contribution in [1.29, 1.82) is 0 Å². The molecule has 7 heteroatoms. The van der Waals surface area contributed by atoms with Crippen LogP contribution in [-0.2, 0) is 16.1 Å². The summed E-state index contributed by atoms with van der Waals surface area (Å²) in [5.74, 6) is 0. The highest BCUT2D eigenvalue weighted by Crippen LogP contribution is 2.25. The van der Waals surface area contributed by atoms with Crippen molar-refractivity contribution in [1.82, 2.24) is 9.88 Å². The molecule has 0 saturated carbocycles. The average Bonchev–Trinajstić information content (AvgIpc) is 2.48. The van der Waals surface area contributed by atoms with Crippen molar-refractivity contribution in [2.45, 2.75) is 33.0 Å². The van der Waals surface area contributed by atoms with Crippen LogP contribution in [-0.4, -0.2) is 54.9 Å². The molecule has 1 aliphatic rings. The average molecular weight is 386 g/mol. The number of ether oxygens (including phenoxy) is 2. The molecule has 1 aromatic rings. The second kappa shape index (κ2) is 7.49. The Morgan fingerprint density at radius 2 is 1.96 bits per heavy atom. The molecule has 0 bridgehead atoms. The lowest BCUT2D eigenvalue weighted by Gasteiger charge is -2.37. The maximum absolute atomic E-state index is 12.1. The third kappa shape index (κ3) is 5.07. The summed E-state index contributed by atoms with van der Waals surface area (Å²) < 4.78 is 11.6. The van der Waals surface area contributed by atoms with E-state index in [1.807, 2.05) is 26.8 Å². The predicted octanol–water partition coefficient (Wildman–Crippen LogP) is 3.05. The summed E-state index contributed by atoms with van der Waals surface area (Å²) in [5, 5.41) is 0. The third-order valence-electron chi connectivity index (χ3n) is 3.47. The zero-order chi connectivity index (χ0) is 17.0. The van der Waals surface area contributed by atoms with Crippen LogP contribution in [0.1, 0.15) is 26.5 Å². The summed E-state index contributed by atoms with van der Waals surface area (Å²) in [5.41, 5.74) is 1.49. The number of nitrogens with zero attached hydrogens (tertiary/aromatic N) is 3. The quantitative estimate of drug-likeness (QED) is 0.799. The fraction of sp³-hybridized carbons (Fsp3) is 0.625. The van der Waals surface area contributed by atoms with Crippen molar-refractivity contribution in [3.63, 3.8) is 0 Å². The van der Waals surface area contributed by atoms with Gasteiger partial charge in [-0.15, -0.1) is 0 Å². The van der Waals surface area contributed by atoms with E-state index in [1.54, 1.807) is 18.2 Å². The van der Waals surface area contributed by atoms with Gasteiger partial charge >= 0.3 is 6.09 Å². The lowest BCUT2D eigenvalue weighted by molar-refractivity contribution is 0.0240. The molecule has 0 N–H and O–H groups in total. The van der Waals surface area contributed by atoms with Crippen LogP contribution < -0.4 is 4.90 Å². The number of amides is 1. The Morgan fingerprint density at radius 1 is 1.30 bits per heavy atom. The van der Waals surface area contributed by atoms with Crippen molar-refractivity contribution >= 4 is 27.7 Å². The van der Waals surface area contributed by atoms with Crippen LogP contribution in [0.5, 0.6) is 0 Å². The van der Waals surface area contributed by atoms with E-state index in [9.17, 15) is 4.79 Å². The molecule has 2 rings (SSSR count). The van der Waals surface area contributed by atoms with E-state index in [4.69, 9.17) is 9.47 Å². The van der Waals surface area contributed by atoms with Gasteiger partial charge in [0.1, 0.15) is 5.60 Å². The maximum Gasteiger partial charge on any atom is 0.410 e. The van der Waals surface area contributed by atoms with Gasteiger partial charge in [0.15, 0.2) is 0 Å². The number of hydrogen-bond acceptors (Lipinski definition) is 5. The number of anilines is 1. The zero-order valence-electron chi connectivity index (χ0n) is 14.1. The molecule has 2 heterocycles. The molecule has 1 aromatic heterocycles. The maximum atomic E-state index is 12.1. The summed E-state index contributed by atoms with van der Waals surface area (Å²) in [7, 11) is 1.66. The third-order valence-corrected chi connectivity index (χ3v) is 3.90. The number of halogens is 1. The van der Waals surface area contributed by atoms with Gasteiger partial charge in [-0.2, -0.15) is 0 Å². The molecule has 1 amide bonds. The number of hydrogen-bond donors (Lipinski definition) is 0. The van der Waals surface area contributed by atoms with Crippen LogP contribution in [0.15, 0.2) is 16.7 Å². The van der Waals surface area contributed by atoms with Crippen molar-refractivity contribution in [2.24, 2.45) is 0 Å². The van der Waals surface area contributed by atoms with Gasteiger partial charge in [0.2, 0.25) is 0 Å². The molecule has 0 aliphatic carbocycles. The smallest absolute Gasteiger partial charge is 0.410 e. The van der Waals surface area contributed by atoms with Crippen molar-refractivity contribution in [3.8, 4) is 0 Å². The molecule has 6 nitrogen and oxygen atoms in total. The van der Waals surface area contributed by atoms with Crippen LogP contribution >= 0.6 is 15.9 Å². The molecule has 0 unspecified atom stereocenters. The van der Waals surface area contributed by atoms with Crippen LogP contribution in [0.2, 0.25) is 0 Å². The van der Waals surface area contributed by atoms with Gasteiger partial charge in [0, 0.05) is 44.0 Å². The van der Waals surface area contributed by atoms with Crippen LogP contribution in [0.25, 0.3) is 0 Å². The molecule has 1 aliphatic heterocycles. The van der Waals surface area contributed by atoms with Gasteiger partial charge < -0.3 is 19.3 Å². The fourth-order valence-electron chi connectivity index (χ4n) is 2.44. The first-order chi connectivity index (χ1) is 10.8. The first-order valence-electron chi connectivity index (χ1n) is 7.66. The van der Waals surface area contributed by atoms with Crippen LogP contribution in [0, 0.1) is 0 Å². The minimum Gasteiger partial charge on any atom is -0.444 e. The van der Waals surface area contributed by atoms with Crippen LogP contribution in [0.4, 0.5) is 10.5 Å². The zero-order valence-corrected chi connectivity index (χ0v) is 15.7. The second-order valence-corrected chi connectivity index (χ2v) is 7.42. The highest BCUT2D eigenvalue weighted by molar-refractivity contribution is 9.10. The summed E-state index contributed by atoms with van der Waals surface area (Å²) >= 11 is 3.47. The molecule has 1 fully saturated rings. The molecular formula is C16H24BrN3O3. The van der Waals surface area contributed by atoms with E-state index in [-0.39, 0.29) is 6.09 Å². The minimum absolute atomic E-state index is 0.248. The second-order valence-electron chi connectivity index (χ2n) is 6.51. The summed E-state index contributed by atoms with van der Waals surface area (Å²) in [6.45, 7) is 8.86. The highest BCUT2D eigenvalue weighted by Gasteiger charge is 2.26. The van der Waals surface area contributed by atoms with Crippen molar-refractivity contribution in [2.75, 3.05) is 38.2 Å². The van der Waals surface area contributed by atoms with E-state index in [2.05, 4.69) is 25.8 Å². The molecule has 23 heavy (non-hydrogen) atoms. The van der Waals surface area contributed by atoms with Gasteiger partial charge in [0.05, 0.1) is 18.0 Å². The number of methoxy groups -OCH3 is 1. The predicted molar refractivity (Wildman–Crippen MR) is 92.7 cm³/mol. The molecule has 0 aromatic carbocycles. The topological polar surface area (TPSA) is 54.9 Å². The number of carbonyl (C=O) groups excluding carboxylic acids is 1. The molecule has 0 radical (unpaired) electrons. The molecule has 128 valence electrons. The van der Waals surface area contributed by atoms with Crippen molar-refractivity contribution < 1.29 is 14.3 Å². The first-order valence-corrected chi connectivity index (χ1v) is 8.45. The van der Waals surface area contributed by atoms with Gasteiger partial charge in [-0.05, 0) is 42.8 Å². The Bertz CT molecular complexity index is 552. The summed E-state index contributed by atoms with van der Waals surface area (Å²) in [4.78, 5) is 20.5. The van der Waals surface area contributed by atoms with Gasteiger partial charge in [0.25, 0.3) is 0 Å². The lowest BCUT2D eigenvalue weighted by atomic mass is 10.2. The Kier molecular flexibility index (Phi) is 5.86. The summed E-state index contributed by atoms with van der Waals surface area (Å²) in [6.07, 6.45) is 1.52. The van der Waals surface area contributed by atoms with E-state index < -0.39 is 5.60 Å². The number of pyridine rings is 1. The standard InChI is InChI=1S/C16H24BrN3O3/c1-16(2,3)23-15(21)20-7-5-19(6-8-20)14-9-12(17)10-18-13(14)11-22-4/h9-10H,5-8,11H2,1-4H3.